The second-order valence-electron chi connectivity index (χ2n) is 3.77. The van der Waals surface area contributed by atoms with E-state index in [9.17, 15) is 4.79 Å². The zero-order valence-corrected chi connectivity index (χ0v) is 10.3. The second kappa shape index (κ2) is 6.58. The molecule has 0 aliphatic heterocycles. The minimum Gasteiger partial charge on any atom is -0.489 e. The molecule has 92 valence electrons. The molecular formula is C13H18N2O2. The normalized spacial score (nSPS) is 9.53. The number of carbonyl (C=O) groups is 1. The number of nitrogens with one attached hydrogen (secondary N) is 1. The van der Waals surface area contributed by atoms with Crippen molar-refractivity contribution in [2.45, 2.75) is 0 Å². The van der Waals surface area contributed by atoms with Crippen LogP contribution in [-0.4, -0.2) is 38.1 Å². The van der Waals surface area contributed by atoms with Crippen molar-refractivity contribution in [3.8, 4) is 5.75 Å². The Morgan fingerprint density at radius 1 is 1.53 bits per heavy atom. The van der Waals surface area contributed by atoms with Crippen molar-refractivity contribution in [2.24, 2.45) is 0 Å². The van der Waals surface area contributed by atoms with Gasteiger partial charge in [0.25, 0.3) is 0 Å². The average Bonchev–Trinajstić information content (AvgIpc) is 2.33. The van der Waals surface area contributed by atoms with Crippen LogP contribution in [0.1, 0.15) is 0 Å². The number of carbonyl (C=O) groups excluding carboxylic acids is 1. The molecule has 1 N–H and O–H groups in total. The van der Waals surface area contributed by atoms with Gasteiger partial charge in [-0.1, -0.05) is 18.7 Å². The molecule has 0 saturated heterocycles. The Kier molecular flexibility index (Phi) is 5.07. The molecule has 0 fully saturated rings. The summed E-state index contributed by atoms with van der Waals surface area (Å²) < 4.78 is 5.40. The molecule has 17 heavy (non-hydrogen) atoms. The first-order chi connectivity index (χ1) is 8.13. The Morgan fingerprint density at radius 3 is 2.94 bits per heavy atom. The zero-order chi connectivity index (χ0) is 12.7. The van der Waals surface area contributed by atoms with Crippen LogP contribution < -0.4 is 10.1 Å². The van der Waals surface area contributed by atoms with Gasteiger partial charge in [-0.05, 0) is 12.1 Å². The summed E-state index contributed by atoms with van der Waals surface area (Å²) in [6, 6.07) is 7.49. The lowest BCUT2D eigenvalue weighted by molar-refractivity contribution is -0.126. The minimum absolute atomic E-state index is 0.0300. The molecule has 0 spiro atoms. The van der Waals surface area contributed by atoms with Gasteiger partial charge < -0.3 is 15.0 Å². The van der Waals surface area contributed by atoms with Crippen LogP contribution in [0.2, 0.25) is 0 Å². The summed E-state index contributed by atoms with van der Waals surface area (Å²) in [5.41, 5.74) is 0.863. The molecule has 0 bridgehead atoms. The third-order valence-corrected chi connectivity index (χ3v) is 2.14. The summed E-state index contributed by atoms with van der Waals surface area (Å²) >= 11 is 0. The van der Waals surface area contributed by atoms with Crippen molar-refractivity contribution in [1.29, 1.82) is 0 Å². The van der Waals surface area contributed by atoms with Gasteiger partial charge in [0, 0.05) is 25.8 Å². The number of rotatable bonds is 6. The maximum absolute atomic E-state index is 11.4. The third kappa shape index (κ3) is 4.59. The Bertz CT molecular complexity index is 389. The Labute approximate surface area is 102 Å². The van der Waals surface area contributed by atoms with Crippen molar-refractivity contribution < 1.29 is 9.53 Å². The van der Waals surface area contributed by atoms with Crippen LogP contribution in [0.25, 0.3) is 0 Å². The lowest BCUT2D eigenvalue weighted by Crippen LogP contribution is -2.28. The van der Waals surface area contributed by atoms with E-state index >= 15 is 0 Å². The highest BCUT2D eigenvalue weighted by molar-refractivity contribution is 5.80. The van der Waals surface area contributed by atoms with Crippen molar-refractivity contribution in [1.82, 2.24) is 4.90 Å². The van der Waals surface area contributed by atoms with Gasteiger partial charge in [-0.15, -0.1) is 0 Å². The van der Waals surface area contributed by atoms with Gasteiger partial charge in [0.15, 0.2) is 0 Å². The fourth-order valence-electron chi connectivity index (χ4n) is 1.19. The SMILES string of the molecule is C=CCOc1cccc(NCC(=O)N(C)C)c1. The van der Waals surface area contributed by atoms with Crippen LogP contribution in [0, 0.1) is 0 Å². The van der Waals surface area contributed by atoms with E-state index in [1.807, 2.05) is 24.3 Å². The van der Waals surface area contributed by atoms with Crippen molar-refractivity contribution in [2.75, 3.05) is 32.6 Å². The molecule has 1 aromatic rings. The monoisotopic (exact) mass is 234 g/mol. The lowest BCUT2D eigenvalue weighted by Gasteiger charge is -2.12. The minimum atomic E-state index is 0.0300. The molecule has 1 amide bonds. The molecule has 4 heteroatoms. The predicted octanol–water partition coefficient (Wildman–Crippen LogP) is 1.75. The van der Waals surface area contributed by atoms with E-state index in [0.29, 0.717) is 6.61 Å². The van der Waals surface area contributed by atoms with Gasteiger partial charge in [0.2, 0.25) is 5.91 Å². The number of ether oxygens (including phenoxy) is 1. The van der Waals surface area contributed by atoms with Gasteiger partial charge in [-0.3, -0.25) is 4.79 Å². The topological polar surface area (TPSA) is 41.6 Å². The molecular weight excluding hydrogens is 216 g/mol. The number of hydrogen-bond acceptors (Lipinski definition) is 3. The van der Waals surface area contributed by atoms with Gasteiger partial charge >= 0.3 is 0 Å². The molecule has 0 radical (unpaired) electrons. The summed E-state index contributed by atoms with van der Waals surface area (Å²) in [7, 11) is 3.46. The number of benzene rings is 1. The van der Waals surface area contributed by atoms with Crippen LogP contribution in [0.4, 0.5) is 5.69 Å². The highest BCUT2D eigenvalue weighted by Crippen LogP contribution is 2.17. The molecule has 4 nitrogen and oxygen atoms in total. The largest absolute Gasteiger partial charge is 0.489 e. The van der Waals surface area contributed by atoms with Gasteiger partial charge in [0.05, 0.1) is 6.54 Å². The van der Waals surface area contributed by atoms with Crippen LogP contribution in [0.5, 0.6) is 5.75 Å². The van der Waals surface area contributed by atoms with E-state index < -0.39 is 0 Å². The first-order valence-corrected chi connectivity index (χ1v) is 5.41. The standard InChI is InChI=1S/C13H18N2O2/c1-4-8-17-12-7-5-6-11(9-12)14-10-13(16)15(2)3/h4-7,9,14H,1,8,10H2,2-3H3. The van der Waals surface area contributed by atoms with E-state index in [-0.39, 0.29) is 12.5 Å². The second-order valence-corrected chi connectivity index (χ2v) is 3.77. The first-order valence-electron chi connectivity index (χ1n) is 5.41. The molecule has 0 aliphatic rings. The fourth-order valence-corrected chi connectivity index (χ4v) is 1.19. The molecule has 1 aromatic carbocycles. The fraction of sp³-hybridized carbons (Fsp3) is 0.308. The van der Waals surface area contributed by atoms with Gasteiger partial charge in [-0.2, -0.15) is 0 Å². The predicted molar refractivity (Wildman–Crippen MR) is 69.3 cm³/mol. The number of hydrogen-bond donors (Lipinski definition) is 1. The Balaban J connectivity index is 2.53. The van der Waals surface area contributed by atoms with E-state index in [0.717, 1.165) is 11.4 Å². The Hall–Kier alpha value is -1.97. The number of nitrogens with zero attached hydrogens (tertiary/aromatic N) is 1. The first kappa shape index (κ1) is 13.1. The molecule has 0 aliphatic carbocycles. The van der Waals surface area contributed by atoms with E-state index in [1.165, 1.54) is 0 Å². The van der Waals surface area contributed by atoms with Crippen LogP contribution in [-0.2, 0) is 4.79 Å². The Morgan fingerprint density at radius 2 is 2.29 bits per heavy atom. The number of likely N-dealkylation sites (N-methyl/N-ethyl adjacent to an activating group) is 1. The smallest absolute Gasteiger partial charge is 0.241 e. The maximum Gasteiger partial charge on any atom is 0.241 e. The molecule has 0 unspecified atom stereocenters. The van der Waals surface area contributed by atoms with Crippen molar-refractivity contribution in [3.05, 3.63) is 36.9 Å². The van der Waals surface area contributed by atoms with Crippen LogP contribution >= 0.6 is 0 Å². The summed E-state index contributed by atoms with van der Waals surface area (Å²) in [6.45, 7) is 4.33. The quantitative estimate of drug-likeness (QED) is 0.762. The highest BCUT2D eigenvalue weighted by atomic mass is 16.5. The number of amides is 1. The zero-order valence-electron chi connectivity index (χ0n) is 10.3. The average molecular weight is 234 g/mol. The highest BCUT2D eigenvalue weighted by Gasteiger charge is 2.03. The summed E-state index contributed by atoms with van der Waals surface area (Å²) in [5, 5.41) is 3.05. The molecule has 0 heterocycles. The molecule has 0 aromatic heterocycles. The third-order valence-electron chi connectivity index (χ3n) is 2.14. The van der Waals surface area contributed by atoms with Crippen molar-refractivity contribution >= 4 is 11.6 Å². The summed E-state index contributed by atoms with van der Waals surface area (Å²) in [4.78, 5) is 12.9. The molecule has 0 saturated carbocycles. The van der Waals surface area contributed by atoms with E-state index in [1.54, 1.807) is 25.1 Å². The molecule has 0 atom stereocenters. The summed E-state index contributed by atoms with van der Waals surface area (Å²) in [5.74, 6) is 0.787. The lowest BCUT2D eigenvalue weighted by atomic mass is 10.3. The van der Waals surface area contributed by atoms with Gasteiger partial charge in [-0.25, -0.2) is 0 Å². The van der Waals surface area contributed by atoms with Crippen LogP contribution in [0.15, 0.2) is 36.9 Å². The summed E-state index contributed by atoms with van der Waals surface area (Å²) in [6.07, 6.45) is 1.69. The van der Waals surface area contributed by atoms with Crippen molar-refractivity contribution in [3.63, 3.8) is 0 Å². The number of anilines is 1. The van der Waals surface area contributed by atoms with E-state index in [2.05, 4.69) is 11.9 Å². The van der Waals surface area contributed by atoms with Crippen LogP contribution in [0.3, 0.4) is 0 Å². The van der Waals surface area contributed by atoms with Gasteiger partial charge in [0.1, 0.15) is 12.4 Å². The molecule has 1 rings (SSSR count). The maximum atomic E-state index is 11.4. The van der Waals surface area contributed by atoms with E-state index in [4.69, 9.17) is 4.74 Å².